The number of anilines is 1. The number of hydrogen-bond acceptors (Lipinski definition) is 6. The van der Waals surface area contributed by atoms with Crippen LogP contribution in [0.5, 0.6) is 11.5 Å². The molecule has 146 valence electrons. The monoisotopic (exact) mass is 407 g/mol. The zero-order valence-corrected chi connectivity index (χ0v) is 15.8. The summed E-state index contributed by atoms with van der Waals surface area (Å²) < 4.78 is 48.8. The van der Waals surface area contributed by atoms with Crippen molar-refractivity contribution in [3.63, 3.8) is 0 Å². The van der Waals surface area contributed by atoms with Crippen molar-refractivity contribution in [3.05, 3.63) is 59.0 Å². The third-order valence-corrected chi connectivity index (χ3v) is 4.52. The standard InChI is InChI=1S/C19H16F3N3O2S/c1-26-14-6-7-15(17(9-14)27-2)16-11-28-18(24-16)25-23-10-12-4-3-5-13(8-12)19(20,21)22/h3-11H,1-2H3,(H,24,25)/b23-10-. The normalized spacial score (nSPS) is 11.6. The minimum absolute atomic E-state index is 0.330. The molecule has 0 aliphatic rings. The molecule has 0 atom stereocenters. The highest BCUT2D eigenvalue weighted by molar-refractivity contribution is 7.14. The van der Waals surface area contributed by atoms with E-state index in [0.717, 1.165) is 17.7 Å². The summed E-state index contributed by atoms with van der Waals surface area (Å²) in [6, 6.07) is 10.3. The van der Waals surface area contributed by atoms with Gasteiger partial charge in [-0.2, -0.15) is 18.3 Å². The van der Waals surface area contributed by atoms with Gasteiger partial charge in [-0.25, -0.2) is 4.98 Å². The van der Waals surface area contributed by atoms with Crippen molar-refractivity contribution in [1.82, 2.24) is 4.98 Å². The van der Waals surface area contributed by atoms with E-state index >= 15 is 0 Å². The third kappa shape index (κ3) is 4.61. The molecule has 1 heterocycles. The number of thiazole rings is 1. The number of hydrogen-bond donors (Lipinski definition) is 1. The summed E-state index contributed by atoms with van der Waals surface area (Å²) in [4.78, 5) is 4.43. The lowest BCUT2D eigenvalue weighted by Gasteiger charge is -2.08. The van der Waals surface area contributed by atoms with Gasteiger partial charge in [0.2, 0.25) is 5.13 Å². The lowest BCUT2D eigenvalue weighted by atomic mass is 10.1. The van der Waals surface area contributed by atoms with Crippen molar-refractivity contribution in [2.24, 2.45) is 5.10 Å². The van der Waals surface area contributed by atoms with Gasteiger partial charge in [0.1, 0.15) is 11.5 Å². The van der Waals surface area contributed by atoms with E-state index in [1.807, 2.05) is 11.4 Å². The molecule has 0 spiro atoms. The van der Waals surface area contributed by atoms with E-state index < -0.39 is 11.7 Å². The second kappa shape index (κ2) is 8.30. The van der Waals surface area contributed by atoms with Crippen LogP contribution >= 0.6 is 11.3 Å². The SMILES string of the molecule is COc1ccc(-c2csc(N/N=C\c3cccc(C(F)(F)F)c3)n2)c(OC)c1. The number of nitrogens with zero attached hydrogens (tertiary/aromatic N) is 2. The van der Waals surface area contributed by atoms with Crippen LogP contribution in [0.15, 0.2) is 52.9 Å². The Balaban J connectivity index is 1.73. The maximum atomic E-state index is 12.7. The van der Waals surface area contributed by atoms with Crippen LogP contribution in [0.2, 0.25) is 0 Å². The van der Waals surface area contributed by atoms with Crippen LogP contribution in [-0.4, -0.2) is 25.4 Å². The Labute approximate surface area is 163 Å². The summed E-state index contributed by atoms with van der Waals surface area (Å²) in [5.41, 5.74) is 3.81. The Morgan fingerprint density at radius 1 is 1.11 bits per heavy atom. The second-order valence-corrected chi connectivity index (χ2v) is 6.46. The molecule has 5 nitrogen and oxygen atoms in total. The van der Waals surface area contributed by atoms with Gasteiger partial charge >= 0.3 is 6.18 Å². The molecular weight excluding hydrogens is 391 g/mol. The van der Waals surface area contributed by atoms with Gasteiger partial charge in [-0.15, -0.1) is 11.3 Å². The van der Waals surface area contributed by atoms with Crippen LogP contribution in [-0.2, 0) is 6.18 Å². The van der Waals surface area contributed by atoms with Crippen molar-refractivity contribution in [3.8, 4) is 22.8 Å². The quantitative estimate of drug-likeness (QED) is 0.446. The van der Waals surface area contributed by atoms with E-state index in [0.29, 0.717) is 27.9 Å². The number of hydrazone groups is 1. The zero-order chi connectivity index (χ0) is 20.1. The number of ether oxygens (including phenoxy) is 2. The molecule has 0 saturated heterocycles. The van der Waals surface area contributed by atoms with Crippen LogP contribution < -0.4 is 14.9 Å². The van der Waals surface area contributed by atoms with Crippen molar-refractivity contribution < 1.29 is 22.6 Å². The van der Waals surface area contributed by atoms with E-state index in [1.54, 1.807) is 26.4 Å². The van der Waals surface area contributed by atoms with Crippen molar-refractivity contribution >= 4 is 22.7 Å². The Kier molecular flexibility index (Phi) is 5.84. The molecule has 0 bridgehead atoms. The molecule has 28 heavy (non-hydrogen) atoms. The molecule has 0 radical (unpaired) electrons. The largest absolute Gasteiger partial charge is 0.497 e. The minimum atomic E-state index is -4.39. The molecular formula is C19H16F3N3O2S. The smallest absolute Gasteiger partial charge is 0.416 e. The van der Waals surface area contributed by atoms with Crippen LogP contribution in [0.1, 0.15) is 11.1 Å². The number of methoxy groups -OCH3 is 2. The first-order valence-electron chi connectivity index (χ1n) is 8.05. The summed E-state index contributed by atoms with van der Waals surface area (Å²) >= 11 is 1.31. The van der Waals surface area contributed by atoms with Gasteiger partial charge in [0, 0.05) is 17.0 Å². The second-order valence-electron chi connectivity index (χ2n) is 5.60. The maximum absolute atomic E-state index is 12.7. The van der Waals surface area contributed by atoms with E-state index in [1.165, 1.54) is 29.7 Å². The lowest BCUT2D eigenvalue weighted by Crippen LogP contribution is -2.05. The summed E-state index contributed by atoms with van der Waals surface area (Å²) in [6.07, 6.45) is -3.08. The first-order valence-corrected chi connectivity index (χ1v) is 8.93. The Morgan fingerprint density at radius 2 is 1.93 bits per heavy atom. The van der Waals surface area contributed by atoms with E-state index in [2.05, 4.69) is 15.5 Å². The average molecular weight is 407 g/mol. The van der Waals surface area contributed by atoms with Crippen LogP contribution in [0, 0.1) is 0 Å². The van der Waals surface area contributed by atoms with Crippen molar-refractivity contribution in [2.75, 3.05) is 19.6 Å². The minimum Gasteiger partial charge on any atom is -0.497 e. The molecule has 0 aliphatic carbocycles. The fourth-order valence-electron chi connectivity index (χ4n) is 2.42. The van der Waals surface area contributed by atoms with Gasteiger partial charge < -0.3 is 9.47 Å². The molecule has 0 amide bonds. The number of nitrogens with one attached hydrogen (secondary N) is 1. The third-order valence-electron chi connectivity index (χ3n) is 3.78. The number of rotatable bonds is 6. The Morgan fingerprint density at radius 3 is 2.64 bits per heavy atom. The van der Waals surface area contributed by atoms with Gasteiger partial charge in [-0.05, 0) is 29.8 Å². The van der Waals surface area contributed by atoms with E-state index in [4.69, 9.17) is 9.47 Å². The highest BCUT2D eigenvalue weighted by Crippen LogP contribution is 2.35. The van der Waals surface area contributed by atoms with Crippen molar-refractivity contribution in [2.45, 2.75) is 6.18 Å². The van der Waals surface area contributed by atoms with E-state index in [9.17, 15) is 13.2 Å². The number of halogens is 3. The Hall–Kier alpha value is -3.07. The van der Waals surface area contributed by atoms with E-state index in [-0.39, 0.29) is 0 Å². The molecule has 0 unspecified atom stereocenters. The fraction of sp³-hybridized carbons (Fsp3) is 0.158. The summed E-state index contributed by atoms with van der Waals surface area (Å²) in [6.45, 7) is 0. The fourth-order valence-corrected chi connectivity index (χ4v) is 3.08. The highest BCUT2D eigenvalue weighted by Gasteiger charge is 2.30. The first-order chi connectivity index (χ1) is 13.4. The van der Waals surface area contributed by atoms with Crippen LogP contribution in [0.4, 0.5) is 18.3 Å². The van der Waals surface area contributed by atoms with Gasteiger partial charge in [0.05, 0.1) is 31.7 Å². The summed E-state index contributed by atoms with van der Waals surface area (Å²) in [5, 5.41) is 6.29. The summed E-state index contributed by atoms with van der Waals surface area (Å²) in [5.74, 6) is 1.28. The molecule has 3 rings (SSSR count). The van der Waals surface area contributed by atoms with Gasteiger partial charge in [0.25, 0.3) is 0 Å². The van der Waals surface area contributed by atoms with Gasteiger partial charge in [-0.3, -0.25) is 5.43 Å². The highest BCUT2D eigenvalue weighted by atomic mass is 32.1. The predicted octanol–water partition coefficient (Wildman–Crippen LogP) is 5.29. The molecule has 0 fully saturated rings. The molecule has 2 aromatic carbocycles. The molecule has 9 heteroatoms. The number of aromatic nitrogens is 1. The Bertz CT molecular complexity index is 987. The van der Waals surface area contributed by atoms with Gasteiger partial charge in [-0.1, -0.05) is 12.1 Å². The van der Waals surface area contributed by atoms with Crippen LogP contribution in [0.3, 0.4) is 0 Å². The first kappa shape index (κ1) is 19.7. The number of benzene rings is 2. The maximum Gasteiger partial charge on any atom is 0.416 e. The zero-order valence-electron chi connectivity index (χ0n) is 14.9. The van der Waals surface area contributed by atoms with Gasteiger partial charge in [0.15, 0.2) is 0 Å². The summed E-state index contributed by atoms with van der Waals surface area (Å²) in [7, 11) is 3.13. The average Bonchev–Trinajstić information content (AvgIpc) is 3.15. The van der Waals surface area contributed by atoms with Crippen LogP contribution in [0.25, 0.3) is 11.3 Å². The van der Waals surface area contributed by atoms with Crippen molar-refractivity contribution in [1.29, 1.82) is 0 Å². The predicted molar refractivity (Wildman–Crippen MR) is 103 cm³/mol. The topological polar surface area (TPSA) is 55.7 Å². The molecule has 1 aromatic heterocycles. The molecule has 0 saturated carbocycles. The molecule has 0 aliphatic heterocycles. The number of alkyl halides is 3. The molecule has 3 aromatic rings. The molecule has 1 N–H and O–H groups in total. The lowest BCUT2D eigenvalue weighted by molar-refractivity contribution is -0.137.